The van der Waals surface area contributed by atoms with E-state index in [1.165, 1.54) is 12.1 Å². The Labute approximate surface area is 238 Å². The van der Waals surface area contributed by atoms with E-state index in [-0.39, 0.29) is 0 Å². The molecule has 2 rings (SSSR count). The van der Waals surface area contributed by atoms with Crippen molar-refractivity contribution in [2.45, 2.75) is 104 Å². The van der Waals surface area contributed by atoms with Gasteiger partial charge in [0, 0.05) is 5.92 Å². The smallest absolute Gasteiger partial charge is 0.199 e. The van der Waals surface area contributed by atoms with Crippen LogP contribution in [0.25, 0.3) is 0 Å². The number of halogens is 21. The largest absolute Gasteiger partial charge is 0.460 e. The number of benzene rings is 1. The van der Waals surface area contributed by atoms with Crippen LogP contribution < -0.4 is 0 Å². The molecule has 0 nitrogen and oxygen atoms in total. The third kappa shape index (κ3) is 5.38. The summed E-state index contributed by atoms with van der Waals surface area (Å²) < 4.78 is 286. The highest BCUT2D eigenvalue weighted by atomic mass is 19.4. The van der Waals surface area contributed by atoms with Crippen LogP contribution in [0.1, 0.15) is 49.7 Å². The zero-order valence-electron chi connectivity index (χ0n) is 21.9. The van der Waals surface area contributed by atoms with E-state index in [4.69, 9.17) is 0 Å². The highest BCUT2D eigenvalue weighted by molar-refractivity contribution is 5.26. The Bertz CT molecular complexity index is 1170. The van der Waals surface area contributed by atoms with Crippen LogP contribution in [0.2, 0.25) is 0 Å². The molecule has 0 aromatic heterocycles. The standard InChI is InChI=1S/C24H19F21/c1-2-11-3-5-12(6-4-11)13-7-9-14(10-8-13)15(25,26)16(27,28)17(29,30)18(31,32)19(33,34)20(35,36)21(37,38)22(39,40)23(41,42)24(43,44)45/h3-6,13-14H,2,7-10H2,1H3/t13-,14-. The van der Waals surface area contributed by atoms with E-state index in [2.05, 4.69) is 0 Å². The normalized spacial score (nSPS) is 20.8. The molecule has 0 unspecified atom stereocenters. The first kappa shape index (κ1) is 38.9. The minimum Gasteiger partial charge on any atom is -0.199 e. The summed E-state index contributed by atoms with van der Waals surface area (Å²) in [5.41, 5.74) is 1.22. The Kier molecular flexibility index (Phi) is 9.67. The summed E-state index contributed by atoms with van der Waals surface area (Å²) in [5.74, 6) is -80.3. The van der Waals surface area contributed by atoms with E-state index in [0.29, 0.717) is 12.0 Å². The fourth-order valence-corrected chi connectivity index (χ4v) is 4.64. The Morgan fingerprint density at radius 3 is 1.07 bits per heavy atom. The molecule has 1 aliphatic rings. The third-order valence-corrected chi connectivity index (χ3v) is 7.63. The van der Waals surface area contributed by atoms with Gasteiger partial charge in [-0.1, -0.05) is 31.2 Å². The SMILES string of the molecule is CCc1ccc([C@H]2CC[C@H](C(F)(F)C(F)(F)C(F)(F)C(F)(F)C(F)(F)C(F)(F)C(F)(F)C(F)(F)C(F)(F)C(F)(F)F)CC2)cc1. The van der Waals surface area contributed by atoms with Gasteiger partial charge in [0.25, 0.3) is 0 Å². The first-order chi connectivity index (χ1) is 19.8. The van der Waals surface area contributed by atoms with Gasteiger partial charge in [0.2, 0.25) is 0 Å². The zero-order valence-corrected chi connectivity index (χ0v) is 21.9. The van der Waals surface area contributed by atoms with Crippen molar-refractivity contribution in [1.29, 1.82) is 0 Å². The second kappa shape index (κ2) is 11.2. The maximum absolute atomic E-state index is 14.6. The van der Waals surface area contributed by atoms with E-state index in [1.807, 2.05) is 0 Å². The van der Waals surface area contributed by atoms with Crippen molar-refractivity contribution in [3.8, 4) is 0 Å². The minimum atomic E-state index is -9.15. The maximum Gasteiger partial charge on any atom is 0.460 e. The molecule has 0 radical (unpaired) electrons. The molecule has 0 spiro atoms. The number of hydrogen-bond acceptors (Lipinski definition) is 0. The molecular weight excluding hydrogens is 687 g/mol. The lowest BCUT2D eigenvalue weighted by Gasteiger charge is -2.46. The lowest BCUT2D eigenvalue weighted by Crippen LogP contribution is -2.77. The van der Waals surface area contributed by atoms with Crippen LogP contribution in [0.5, 0.6) is 0 Å². The molecule has 1 fully saturated rings. The highest BCUT2D eigenvalue weighted by Crippen LogP contribution is 2.67. The quantitative estimate of drug-likeness (QED) is 0.201. The van der Waals surface area contributed by atoms with Gasteiger partial charge in [-0.25, -0.2) is 0 Å². The van der Waals surface area contributed by atoms with Gasteiger partial charge in [-0.2, -0.15) is 92.2 Å². The van der Waals surface area contributed by atoms with Crippen LogP contribution in [0.15, 0.2) is 24.3 Å². The van der Waals surface area contributed by atoms with E-state index >= 15 is 0 Å². The van der Waals surface area contributed by atoms with E-state index < -0.39 is 97.0 Å². The molecule has 1 aromatic rings. The van der Waals surface area contributed by atoms with Gasteiger partial charge < -0.3 is 0 Å². The molecule has 45 heavy (non-hydrogen) atoms. The topological polar surface area (TPSA) is 0 Å². The molecule has 1 aliphatic carbocycles. The molecule has 262 valence electrons. The molecule has 0 saturated heterocycles. The summed E-state index contributed by atoms with van der Waals surface area (Å²) in [6.07, 6.45) is -10.9. The average molecular weight is 706 g/mol. The van der Waals surface area contributed by atoms with Crippen LogP contribution in [-0.2, 0) is 6.42 Å². The molecule has 0 bridgehead atoms. The average Bonchev–Trinajstić information content (AvgIpc) is 2.91. The van der Waals surface area contributed by atoms with E-state index in [9.17, 15) is 92.2 Å². The van der Waals surface area contributed by atoms with E-state index in [0.717, 1.165) is 5.56 Å². The predicted octanol–water partition coefficient (Wildman–Crippen LogP) is 10.8. The highest BCUT2D eigenvalue weighted by Gasteiger charge is 2.98. The van der Waals surface area contributed by atoms with Crippen LogP contribution in [-0.4, -0.2) is 59.5 Å². The van der Waals surface area contributed by atoms with Crippen LogP contribution in [0.3, 0.4) is 0 Å². The first-order valence-electron chi connectivity index (χ1n) is 12.3. The van der Waals surface area contributed by atoms with Crippen LogP contribution in [0.4, 0.5) is 92.2 Å². The molecule has 0 amide bonds. The molecule has 21 heteroatoms. The Balaban J connectivity index is 2.48. The summed E-state index contributed by atoms with van der Waals surface area (Å²) in [6.45, 7) is 1.76. The van der Waals surface area contributed by atoms with Crippen LogP contribution in [0, 0.1) is 5.92 Å². The van der Waals surface area contributed by atoms with Crippen molar-refractivity contribution < 1.29 is 92.2 Å². The van der Waals surface area contributed by atoms with Gasteiger partial charge in [-0.05, 0) is 49.1 Å². The molecule has 0 aliphatic heterocycles. The van der Waals surface area contributed by atoms with Gasteiger partial charge in [-0.15, -0.1) is 0 Å². The van der Waals surface area contributed by atoms with Crippen molar-refractivity contribution in [2.75, 3.05) is 0 Å². The van der Waals surface area contributed by atoms with Gasteiger partial charge in [-0.3, -0.25) is 0 Å². The van der Waals surface area contributed by atoms with Crippen molar-refractivity contribution in [3.63, 3.8) is 0 Å². The number of hydrogen-bond donors (Lipinski definition) is 0. The summed E-state index contributed by atoms with van der Waals surface area (Å²) in [6, 6.07) is 6.12. The van der Waals surface area contributed by atoms with Gasteiger partial charge in [0.05, 0.1) is 0 Å². The fraction of sp³-hybridized carbons (Fsp3) is 0.750. The number of rotatable bonds is 11. The monoisotopic (exact) mass is 706 g/mol. The van der Waals surface area contributed by atoms with E-state index in [1.54, 1.807) is 19.1 Å². The Hall–Kier alpha value is -2.25. The molecule has 1 aromatic carbocycles. The van der Waals surface area contributed by atoms with Crippen molar-refractivity contribution in [1.82, 2.24) is 0 Å². The summed E-state index contributed by atoms with van der Waals surface area (Å²) >= 11 is 0. The maximum atomic E-state index is 14.6. The first-order valence-corrected chi connectivity index (χ1v) is 12.3. The molecule has 0 N–H and O–H groups in total. The van der Waals surface area contributed by atoms with Crippen molar-refractivity contribution >= 4 is 0 Å². The van der Waals surface area contributed by atoms with Crippen LogP contribution >= 0.6 is 0 Å². The summed E-state index contributed by atoms with van der Waals surface area (Å²) in [5, 5.41) is 0. The molecular formula is C24H19F21. The second-order valence-electron chi connectivity index (χ2n) is 10.4. The Morgan fingerprint density at radius 2 is 0.756 bits per heavy atom. The third-order valence-electron chi connectivity index (χ3n) is 7.63. The lowest BCUT2D eigenvalue weighted by atomic mass is 9.73. The fourth-order valence-electron chi connectivity index (χ4n) is 4.64. The summed E-state index contributed by atoms with van der Waals surface area (Å²) in [7, 11) is 0. The van der Waals surface area contributed by atoms with Gasteiger partial charge in [0.15, 0.2) is 0 Å². The molecule has 1 saturated carbocycles. The minimum absolute atomic E-state index is 0.424. The van der Waals surface area contributed by atoms with Gasteiger partial charge >= 0.3 is 59.5 Å². The van der Waals surface area contributed by atoms with Crippen molar-refractivity contribution in [3.05, 3.63) is 35.4 Å². The van der Waals surface area contributed by atoms with Gasteiger partial charge in [0.1, 0.15) is 0 Å². The molecule has 0 atom stereocenters. The molecule has 0 heterocycles. The Morgan fingerprint density at radius 1 is 0.444 bits per heavy atom. The predicted molar refractivity (Wildman–Crippen MR) is 111 cm³/mol. The second-order valence-corrected chi connectivity index (χ2v) is 10.4. The number of alkyl halides is 21. The zero-order chi connectivity index (χ0) is 35.7. The number of aryl methyl sites for hydroxylation is 1. The lowest BCUT2D eigenvalue weighted by molar-refractivity contribution is -0.475. The summed E-state index contributed by atoms with van der Waals surface area (Å²) in [4.78, 5) is 0. The van der Waals surface area contributed by atoms with Crippen molar-refractivity contribution in [2.24, 2.45) is 5.92 Å².